The number of nitro groups is 1. The van der Waals surface area contributed by atoms with Gasteiger partial charge in [-0.1, -0.05) is 30.3 Å². The number of nitrogens with one attached hydrogen (secondary N) is 1. The largest absolute Gasteiger partial charge is 0.508 e. The van der Waals surface area contributed by atoms with Gasteiger partial charge in [0.1, 0.15) is 17.6 Å². The number of benzene rings is 2. The van der Waals surface area contributed by atoms with E-state index in [9.17, 15) is 15.2 Å². The standard InChI is InChI=1S/C16H13N3O3/c20-12-7-5-11(6-8-12)9-18-16-13-3-1-2-4-14(13)17-10-15(16)19(21)22/h1-8,10,20H,9H2,(H,17,18). The summed E-state index contributed by atoms with van der Waals surface area (Å²) in [4.78, 5) is 14.9. The Kier molecular flexibility index (Phi) is 3.57. The molecule has 0 aliphatic heterocycles. The third-order valence-corrected chi connectivity index (χ3v) is 3.36. The zero-order chi connectivity index (χ0) is 15.5. The van der Waals surface area contributed by atoms with Gasteiger partial charge in [-0.15, -0.1) is 0 Å². The van der Waals surface area contributed by atoms with Crippen LogP contribution < -0.4 is 5.32 Å². The van der Waals surface area contributed by atoms with Gasteiger partial charge in [0.2, 0.25) is 0 Å². The highest BCUT2D eigenvalue weighted by atomic mass is 16.6. The van der Waals surface area contributed by atoms with Gasteiger partial charge in [-0.3, -0.25) is 10.1 Å². The Labute approximate surface area is 126 Å². The molecule has 2 N–H and O–H groups in total. The van der Waals surface area contributed by atoms with Crippen LogP contribution in [0.5, 0.6) is 5.75 Å². The fraction of sp³-hybridized carbons (Fsp3) is 0.0625. The second-order valence-electron chi connectivity index (χ2n) is 4.81. The zero-order valence-corrected chi connectivity index (χ0v) is 11.6. The predicted octanol–water partition coefficient (Wildman–Crippen LogP) is 3.46. The SMILES string of the molecule is O=[N+]([O-])c1cnc2ccccc2c1NCc1ccc(O)cc1. The summed E-state index contributed by atoms with van der Waals surface area (Å²) >= 11 is 0. The highest BCUT2D eigenvalue weighted by molar-refractivity contribution is 5.95. The lowest BCUT2D eigenvalue weighted by molar-refractivity contribution is -0.384. The Balaban J connectivity index is 1.98. The monoisotopic (exact) mass is 295 g/mol. The fourth-order valence-corrected chi connectivity index (χ4v) is 2.26. The van der Waals surface area contributed by atoms with Gasteiger partial charge in [0.25, 0.3) is 0 Å². The summed E-state index contributed by atoms with van der Waals surface area (Å²) in [5.74, 6) is 0.184. The van der Waals surface area contributed by atoms with Crippen molar-refractivity contribution in [2.45, 2.75) is 6.54 Å². The van der Waals surface area contributed by atoms with Gasteiger partial charge < -0.3 is 10.4 Å². The number of nitrogens with zero attached hydrogens (tertiary/aromatic N) is 2. The quantitative estimate of drug-likeness (QED) is 0.568. The molecule has 0 fully saturated rings. The molecule has 0 amide bonds. The van der Waals surface area contributed by atoms with Crippen molar-refractivity contribution in [2.75, 3.05) is 5.32 Å². The van der Waals surface area contributed by atoms with Crippen molar-refractivity contribution in [1.82, 2.24) is 4.98 Å². The minimum Gasteiger partial charge on any atom is -0.508 e. The summed E-state index contributed by atoms with van der Waals surface area (Å²) in [6, 6.07) is 13.9. The zero-order valence-electron chi connectivity index (χ0n) is 11.6. The molecule has 22 heavy (non-hydrogen) atoms. The van der Waals surface area contributed by atoms with Gasteiger partial charge in [0, 0.05) is 11.9 Å². The van der Waals surface area contributed by atoms with Gasteiger partial charge in [-0.25, -0.2) is 4.98 Å². The van der Waals surface area contributed by atoms with E-state index in [2.05, 4.69) is 10.3 Å². The number of para-hydroxylation sites is 1. The molecule has 2 aromatic carbocycles. The van der Waals surface area contributed by atoms with Crippen LogP contribution in [-0.2, 0) is 6.54 Å². The molecule has 0 spiro atoms. The summed E-state index contributed by atoms with van der Waals surface area (Å²) in [6.07, 6.45) is 1.27. The van der Waals surface area contributed by atoms with Crippen LogP contribution in [0.2, 0.25) is 0 Å². The van der Waals surface area contributed by atoms with Crippen LogP contribution in [0.1, 0.15) is 5.56 Å². The van der Waals surface area contributed by atoms with E-state index in [4.69, 9.17) is 0 Å². The number of phenolic OH excluding ortho intramolecular Hbond substituents is 1. The van der Waals surface area contributed by atoms with Gasteiger partial charge >= 0.3 is 5.69 Å². The number of aromatic hydroxyl groups is 1. The average molecular weight is 295 g/mol. The molecule has 0 saturated carbocycles. The van der Waals surface area contributed by atoms with Crippen LogP contribution in [0.25, 0.3) is 10.9 Å². The Bertz CT molecular complexity index is 832. The van der Waals surface area contributed by atoms with Crippen molar-refractivity contribution >= 4 is 22.3 Å². The first-order valence-corrected chi connectivity index (χ1v) is 6.69. The molecule has 6 heteroatoms. The summed E-state index contributed by atoms with van der Waals surface area (Å²) in [5.41, 5.74) is 2.00. The topological polar surface area (TPSA) is 88.3 Å². The second kappa shape index (κ2) is 5.69. The van der Waals surface area contributed by atoms with E-state index < -0.39 is 4.92 Å². The number of hydrogen-bond acceptors (Lipinski definition) is 5. The van der Waals surface area contributed by atoms with Crippen LogP contribution in [-0.4, -0.2) is 15.0 Å². The van der Waals surface area contributed by atoms with E-state index in [1.807, 2.05) is 18.2 Å². The molecule has 0 unspecified atom stereocenters. The number of pyridine rings is 1. The van der Waals surface area contributed by atoms with E-state index in [0.29, 0.717) is 23.1 Å². The van der Waals surface area contributed by atoms with Crippen LogP contribution in [0.4, 0.5) is 11.4 Å². The van der Waals surface area contributed by atoms with Gasteiger partial charge in [-0.05, 0) is 23.8 Å². The molecule has 0 aliphatic carbocycles. The van der Waals surface area contributed by atoms with Crippen molar-refractivity contribution in [3.63, 3.8) is 0 Å². The minimum absolute atomic E-state index is 0.0579. The predicted molar refractivity (Wildman–Crippen MR) is 83.8 cm³/mol. The van der Waals surface area contributed by atoms with E-state index in [1.165, 1.54) is 6.20 Å². The van der Waals surface area contributed by atoms with E-state index >= 15 is 0 Å². The lowest BCUT2D eigenvalue weighted by Gasteiger charge is -2.10. The smallest absolute Gasteiger partial charge is 0.311 e. The molecular formula is C16H13N3O3. The number of anilines is 1. The summed E-state index contributed by atoms with van der Waals surface area (Å²) < 4.78 is 0. The number of phenols is 1. The Morgan fingerprint density at radius 2 is 1.86 bits per heavy atom. The maximum Gasteiger partial charge on any atom is 0.311 e. The number of aromatic nitrogens is 1. The first-order chi connectivity index (χ1) is 10.6. The first-order valence-electron chi connectivity index (χ1n) is 6.69. The lowest BCUT2D eigenvalue weighted by atomic mass is 10.1. The highest BCUT2D eigenvalue weighted by Crippen LogP contribution is 2.31. The lowest BCUT2D eigenvalue weighted by Crippen LogP contribution is -2.04. The molecule has 0 aliphatic rings. The van der Waals surface area contributed by atoms with E-state index in [1.54, 1.807) is 30.3 Å². The highest BCUT2D eigenvalue weighted by Gasteiger charge is 2.17. The van der Waals surface area contributed by atoms with Gasteiger partial charge in [-0.2, -0.15) is 0 Å². The van der Waals surface area contributed by atoms with Gasteiger partial charge in [0.05, 0.1) is 10.4 Å². The maximum absolute atomic E-state index is 11.2. The normalized spacial score (nSPS) is 10.5. The fourth-order valence-electron chi connectivity index (χ4n) is 2.26. The summed E-state index contributed by atoms with van der Waals surface area (Å²) in [5, 5.41) is 24.3. The molecule has 0 bridgehead atoms. The molecule has 3 rings (SSSR count). The third kappa shape index (κ3) is 2.67. The van der Waals surface area contributed by atoms with Crippen LogP contribution in [0, 0.1) is 10.1 Å². The van der Waals surface area contributed by atoms with Crippen LogP contribution in [0.3, 0.4) is 0 Å². The number of rotatable bonds is 4. The van der Waals surface area contributed by atoms with Crippen molar-refractivity contribution in [3.05, 3.63) is 70.4 Å². The van der Waals surface area contributed by atoms with E-state index in [-0.39, 0.29) is 11.4 Å². The Morgan fingerprint density at radius 1 is 1.14 bits per heavy atom. The maximum atomic E-state index is 11.2. The van der Waals surface area contributed by atoms with Crippen molar-refractivity contribution in [3.8, 4) is 5.75 Å². The molecule has 6 nitrogen and oxygen atoms in total. The van der Waals surface area contributed by atoms with E-state index in [0.717, 1.165) is 5.56 Å². The van der Waals surface area contributed by atoms with Crippen LogP contribution >= 0.6 is 0 Å². The molecule has 0 atom stereocenters. The molecular weight excluding hydrogens is 282 g/mol. The molecule has 0 saturated heterocycles. The number of fused-ring (bicyclic) bond motifs is 1. The Morgan fingerprint density at radius 3 is 2.59 bits per heavy atom. The van der Waals surface area contributed by atoms with Crippen molar-refractivity contribution in [1.29, 1.82) is 0 Å². The third-order valence-electron chi connectivity index (χ3n) is 3.36. The first kappa shape index (κ1) is 13.8. The van der Waals surface area contributed by atoms with Gasteiger partial charge in [0.15, 0.2) is 0 Å². The number of hydrogen-bond donors (Lipinski definition) is 2. The van der Waals surface area contributed by atoms with Crippen molar-refractivity contribution < 1.29 is 10.0 Å². The summed E-state index contributed by atoms with van der Waals surface area (Å²) in [7, 11) is 0. The Hall–Kier alpha value is -3.15. The molecule has 0 radical (unpaired) electrons. The average Bonchev–Trinajstić information content (AvgIpc) is 2.53. The second-order valence-corrected chi connectivity index (χ2v) is 4.81. The summed E-state index contributed by atoms with van der Waals surface area (Å²) in [6.45, 7) is 0.412. The van der Waals surface area contributed by atoms with Crippen LogP contribution in [0.15, 0.2) is 54.7 Å². The molecule has 110 valence electrons. The molecule has 1 heterocycles. The van der Waals surface area contributed by atoms with Crippen molar-refractivity contribution in [2.24, 2.45) is 0 Å². The molecule has 3 aromatic rings. The molecule has 1 aromatic heterocycles. The minimum atomic E-state index is -0.446.